The third kappa shape index (κ3) is 3.83. The van der Waals surface area contributed by atoms with Gasteiger partial charge in [0.1, 0.15) is 0 Å². The van der Waals surface area contributed by atoms with Crippen LogP contribution in [0, 0.1) is 20.8 Å². The van der Waals surface area contributed by atoms with E-state index in [1.54, 1.807) is 24.3 Å². The number of alkyl halides is 3. The van der Waals surface area contributed by atoms with Crippen molar-refractivity contribution >= 4 is 11.7 Å². The third-order valence-corrected chi connectivity index (χ3v) is 5.03. The van der Waals surface area contributed by atoms with Crippen molar-refractivity contribution in [3.63, 3.8) is 0 Å². The molecule has 0 saturated heterocycles. The summed E-state index contributed by atoms with van der Waals surface area (Å²) in [7, 11) is 0. The lowest BCUT2D eigenvalue weighted by Crippen LogP contribution is -2.46. The molecule has 4 nitrogen and oxygen atoms in total. The fourth-order valence-corrected chi connectivity index (χ4v) is 3.68. The number of ether oxygens (including phenoxy) is 2. The molecular formula is C24H21F3N2O2. The van der Waals surface area contributed by atoms with Gasteiger partial charge in [0.25, 0.3) is 6.02 Å². The zero-order chi connectivity index (χ0) is 22.2. The van der Waals surface area contributed by atoms with Crippen molar-refractivity contribution in [3.8, 4) is 11.5 Å². The number of hydrogen-bond acceptors (Lipinski definition) is 4. The molecule has 31 heavy (non-hydrogen) atoms. The molecule has 0 aliphatic carbocycles. The average molecular weight is 426 g/mol. The normalized spacial score (nSPS) is 18.2. The zero-order valence-corrected chi connectivity index (χ0v) is 17.2. The Hall–Kier alpha value is -3.48. The van der Waals surface area contributed by atoms with Gasteiger partial charge in [-0.05, 0) is 44.0 Å². The lowest BCUT2D eigenvalue weighted by atomic mass is 10.0. The first-order valence-electron chi connectivity index (χ1n) is 9.72. The second-order valence-electron chi connectivity index (χ2n) is 7.47. The number of para-hydroxylation sites is 2. The van der Waals surface area contributed by atoms with Crippen LogP contribution in [0.4, 0.5) is 18.9 Å². The highest BCUT2D eigenvalue weighted by Crippen LogP contribution is 2.47. The quantitative estimate of drug-likeness (QED) is 0.525. The molecule has 4 rings (SSSR count). The topological polar surface area (TPSA) is 42.9 Å². The van der Waals surface area contributed by atoms with Gasteiger partial charge in [-0.25, -0.2) is 0 Å². The maximum Gasteiger partial charge on any atom is 0.455 e. The Morgan fingerprint density at radius 3 is 2.03 bits per heavy atom. The smallest absolute Gasteiger partial charge is 0.449 e. The van der Waals surface area contributed by atoms with Crippen LogP contribution in [0.3, 0.4) is 0 Å². The molecule has 0 fully saturated rings. The molecule has 1 aliphatic rings. The molecule has 7 heteroatoms. The van der Waals surface area contributed by atoms with E-state index in [2.05, 4.69) is 10.3 Å². The number of aryl methyl sites for hydroxylation is 3. The third-order valence-electron chi connectivity index (χ3n) is 5.03. The Bertz CT molecular complexity index is 1120. The highest BCUT2D eigenvalue weighted by molar-refractivity contribution is 5.93. The Kier molecular flexibility index (Phi) is 5.13. The molecule has 0 amide bonds. The molecule has 1 unspecified atom stereocenters. The van der Waals surface area contributed by atoms with Crippen LogP contribution in [0.15, 0.2) is 71.7 Å². The SMILES string of the molecule is Cc1cc(C)c(NC2=NC(c3ccccc3)(C(F)(F)F)Oc3ccccc3O2)c(C)c1. The second kappa shape index (κ2) is 7.65. The summed E-state index contributed by atoms with van der Waals surface area (Å²) in [5.41, 5.74) is 0.272. The van der Waals surface area contributed by atoms with Crippen molar-refractivity contribution in [1.29, 1.82) is 0 Å². The second-order valence-corrected chi connectivity index (χ2v) is 7.47. The number of fused-ring (bicyclic) bond motifs is 1. The molecule has 1 aliphatic heterocycles. The van der Waals surface area contributed by atoms with Crippen LogP contribution in [-0.4, -0.2) is 12.2 Å². The van der Waals surface area contributed by atoms with Gasteiger partial charge >= 0.3 is 11.9 Å². The first kappa shape index (κ1) is 20.8. The van der Waals surface area contributed by atoms with E-state index in [-0.39, 0.29) is 23.1 Å². The molecule has 1 N–H and O–H groups in total. The van der Waals surface area contributed by atoms with Crippen LogP contribution in [0.1, 0.15) is 22.3 Å². The number of hydrogen-bond donors (Lipinski definition) is 1. The minimum Gasteiger partial charge on any atom is -0.449 e. The highest BCUT2D eigenvalue weighted by Gasteiger charge is 2.61. The summed E-state index contributed by atoms with van der Waals surface area (Å²) in [6.45, 7) is 5.70. The van der Waals surface area contributed by atoms with Crippen molar-refractivity contribution in [3.05, 3.63) is 89.0 Å². The fourth-order valence-electron chi connectivity index (χ4n) is 3.68. The van der Waals surface area contributed by atoms with Crippen LogP contribution in [0.25, 0.3) is 0 Å². The van der Waals surface area contributed by atoms with Crippen LogP contribution < -0.4 is 14.8 Å². The predicted molar refractivity (Wildman–Crippen MR) is 114 cm³/mol. The number of nitrogens with zero attached hydrogens (tertiary/aromatic N) is 1. The average Bonchev–Trinajstić information content (AvgIpc) is 2.88. The Morgan fingerprint density at radius 1 is 0.839 bits per heavy atom. The standard InChI is InChI=1S/C24H21F3N2O2/c1-15-13-16(2)21(17(3)14-15)28-22-29-23(24(25,26)27,18-9-5-4-6-10-18)31-20-12-8-7-11-19(20)30-22/h4-14H,1-3H3,(H,28,29). The van der Waals surface area contributed by atoms with E-state index in [1.165, 1.54) is 30.3 Å². The van der Waals surface area contributed by atoms with Crippen LogP contribution in [-0.2, 0) is 5.72 Å². The van der Waals surface area contributed by atoms with Crippen molar-refractivity contribution in [2.75, 3.05) is 5.32 Å². The summed E-state index contributed by atoms with van der Waals surface area (Å²) in [5, 5.41) is 2.97. The van der Waals surface area contributed by atoms with E-state index in [0.717, 1.165) is 16.7 Å². The molecule has 1 heterocycles. The van der Waals surface area contributed by atoms with Gasteiger partial charge in [0.15, 0.2) is 11.5 Å². The van der Waals surface area contributed by atoms with Gasteiger partial charge in [0.2, 0.25) is 0 Å². The molecule has 160 valence electrons. The van der Waals surface area contributed by atoms with E-state index in [9.17, 15) is 13.2 Å². The summed E-state index contributed by atoms with van der Waals surface area (Å²) in [4.78, 5) is 4.00. The Labute approximate surface area is 178 Å². The van der Waals surface area contributed by atoms with Gasteiger partial charge in [-0.15, -0.1) is 0 Å². The van der Waals surface area contributed by atoms with Crippen molar-refractivity contribution in [2.24, 2.45) is 4.99 Å². The minimum atomic E-state index is -4.86. The Balaban J connectivity index is 1.92. The molecule has 1 atom stereocenters. The Morgan fingerprint density at radius 2 is 1.42 bits per heavy atom. The lowest BCUT2D eigenvalue weighted by molar-refractivity contribution is -0.251. The van der Waals surface area contributed by atoms with Crippen LogP contribution in [0.2, 0.25) is 0 Å². The van der Waals surface area contributed by atoms with E-state index in [0.29, 0.717) is 5.69 Å². The molecule has 0 spiro atoms. The van der Waals surface area contributed by atoms with Crippen molar-refractivity contribution in [1.82, 2.24) is 0 Å². The van der Waals surface area contributed by atoms with Crippen molar-refractivity contribution < 1.29 is 22.6 Å². The summed E-state index contributed by atoms with van der Waals surface area (Å²) < 4.78 is 55.0. The van der Waals surface area contributed by atoms with Crippen LogP contribution in [0.5, 0.6) is 11.5 Å². The zero-order valence-electron chi connectivity index (χ0n) is 17.2. The molecule has 0 aromatic heterocycles. The van der Waals surface area contributed by atoms with Gasteiger partial charge in [-0.2, -0.15) is 18.2 Å². The first-order valence-corrected chi connectivity index (χ1v) is 9.72. The van der Waals surface area contributed by atoms with E-state index < -0.39 is 11.9 Å². The summed E-state index contributed by atoms with van der Waals surface area (Å²) in [6.07, 6.45) is -4.86. The monoisotopic (exact) mass is 426 g/mol. The lowest BCUT2D eigenvalue weighted by Gasteiger charge is -2.31. The van der Waals surface area contributed by atoms with E-state index in [1.807, 2.05) is 32.9 Å². The number of halogens is 3. The predicted octanol–water partition coefficient (Wildman–Crippen LogP) is 6.27. The van der Waals surface area contributed by atoms with Gasteiger partial charge in [0, 0.05) is 11.3 Å². The number of aliphatic imine (C=N–C) groups is 1. The van der Waals surface area contributed by atoms with E-state index >= 15 is 0 Å². The molecule has 0 bridgehead atoms. The fraction of sp³-hybridized carbons (Fsp3) is 0.208. The molecule has 0 saturated carbocycles. The summed E-state index contributed by atoms with van der Waals surface area (Å²) in [5.74, 6) is 0.0831. The maximum absolute atomic E-state index is 14.6. The van der Waals surface area contributed by atoms with Gasteiger partial charge in [-0.1, -0.05) is 60.2 Å². The highest BCUT2D eigenvalue weighted by atomic mass is 19.4. The first-order chi connectivity index (χ1) is 14.7. The van der Waals surface area contributed by atoms with Gasteiger partial charge < -0.3 is 14.8 Å². The van der Waals surface area contributed by atoms with Crippen LogP contribution >= 0.6 is 0 Å². The molecule has 0 radical (unpaired) electrons. The molecular weight excluding hydrogens is 405 g/mol. The maximum atomic E-state index is 14.6. The van der Waals surface area contributed by atoms with E-state index in [4.69, 9.17) is 9.47 Å². The number of nitrogens with one attached hydrogen (secondary N) is 1. The van der Waals surface area contributed by atoms with Gasteiger partial charge in [0.05, 0.1) is 0 Å². The number of benzene rings is 3. The largest absolute Gasteiger partial charge is 0.455 e. The number of anilines is 1. The summed E-state index contributed by atoms with van der Waals surface area (Å²) >= 11 is 0. The number of amidine groups is 1. The molecule has 3 aromatic carbocycles. The van der Waals surface area contributed by atoms with Crippen molar-refractivity contribution in [2.45, 2.75) is 32.7 Å². The van der Waals surface area contributed by atoms with Gasteiger partial charge in [-0.3, -0.25) is 0 Å². The summed E-state index contributed by atoms with van der Waals surface area (Å²) in [6, 6.07) is 17.1. The number of rotatable bonds is 2. The molecule has 3 aromatic rings. The minimum absolute atomic E-state index is 0.0541.